The van der Waals surface area contributed by atoms with E-state index in [2.05, 4.69) is 36.0 Å². The molecule has 25 heavy (non-hydrogen) atoms. The van der Waals surface area contributed by atoms with Crippen molar-refractivity contribution in [1.82, 2.24) is 10.2 Å². The summed E-state index contributed by atoms with van der Waals surface area (Å²) >= 11 is 0. The topological polar surface area (TPSA) is 52.6 Å². The van der Waals surface area contributed by atoms with Gasteiger partial charge in [0.2, 0.25) is 5.91 Å². The van der Waals surface area contributed by atoms with Crippen LogP contribution in [0.1, 0.15) is 45.4 Å². The van der Waals surface area contributed by atoms with Crippen LogP contribution in [0.25, 0.3) is 0 Å². The quantitative estimate of drug-likeness (QED) is 0.374. The number of unbranched alkanes of at least 4 members (excludes halogenated alkanes) is 3. The summed E-state index contributed by atoms with van der Waals surface area (Å²) in [5.74, 6) is 0.0540. The van der Waals surface area contributed by atoms with Crippen molar-refractivity contribution in [3.8, 4) is 0 Å². The van der Waals surface area contributed by atoms with Crippen molar-refractivity contribution in [3.63, 3.8) is 0 Å². The molecule has 1 saturated carbocycles. The summed E-state index contributed by atoms with van der Waals surface area (Å²) in [4.78, 5) is 14.3. The minimum absolute atomic E-state index is 0.0540. The van der Waals surface area contributed by atoms with Gasteiger partial charge in [-0.15, -0.1) is 0 Å². The maximum absolute atomic E-state index is 12.2. The summed E-state index contributed by atoms with van der Waals surface area (Å²) in [6, 6.07) is 0. The minimum Gasteiger partial charge on any atom is -0.396 e. The lowest BCUT2D eigenvalue weighted by Crippen LogP contribution is -2.38. The molecule has 0 bridgehead atoms. The Morgan fingerprint density at radius 1 is 1.24 bits per heavy atom. The van der Waals surface area contributed by atoms with Gasteiger partial charge in [-0.05, 0) is 43.8 Å². The molecule has 0 aromatic carbocycles. The van der Waals surface area contributed by atoms with Crippen molar-refractivity contribution >= 4 is 5.91 Å². The molecule has 0 unspecified atom stereocenters. The Bertz CT molecular complexity index is 520. The number of carbonyl (C=O) groups excluding carboxylic acids is 1. The summed E-state index contributed by atoms with van der Waals surface area (Å²) in [7, 11) is 0. The highest BCUT2D eigenvalue weighted by atomic mass is 16.2. The van der Waals surface area contributed by atoms with Gasteiger partial charge in [-0.2, -0.15) is 0 Å². The zero-order valence-corrected chi connectivity index (χ0v) is 15.8. The number of rotatable bonds is 14. The molecule has 4 nitrogen and oxygen atoms in total. The monoisotopic (exact) mass is 346 g/mol. The fourth-order valence-corrected chi connectivity index (χ4v) is 2.70. The second-order valence-corrected chi connectivity index (χ2v) is 7.05. The molecule has 1 aliphatic rings. The molecule has 0 aliphatic heterocycles. The van der Waals surface area contributed by atoms with Gasteiger partial charge in [0.05, 0.1) is 6.54 Å². The molecule has 0 heterocycles. The summed E-state index contributed by atoms with van der Waals surface area (Å²) in [6.07, 6.45) is 7.81. The molecule has 0 radical (unpaired) electrons. The van der Waals surface area contributed by atoms with Gasteiger partial charge in [0, 0.05) is 26.2 Å². The number of aliphatic hydroxyl groups excluding tert-OH is 1. The number of aliphatic hydroxyl groups is 1. The lowest BCUT2D eigenvalue weighted by Gasteiger charge is -2.21. The highest BCUT2D eigenvalue weighted by Gasteiger charge is 2.18. The summed E-state index contributed by atoms with van der Waals surface area (Å²) in [5, 5.41) is 11.7. The number of hydrogen-bond acceptors (Lipinski definition) is 3. The van der Waals surface area contributed by atoms with E-state index in [-0.39, 0.29) is 12.5 Å². The third-order valence-corrected chi connectivity index (χ3v) is 4.10. The van der Waals surface area contributed by atoms with Crippen LogP contribution in [0.5, 0.6) is 0 Å². The summed E-state index contributed by atoms with van der Waals surface area (Å²) < 4.78 is 0. The number of nitrogens with zero attached hydrogens (tertiary/aromatic N) is 1. The maximum atomic E-state index is 12.2. The Hall–Kier alpha value is -1.65. The second kappa shape index (κ2) is 11.8. The molecule has 0 saturated heterocycles. The van der Waals surface area contributed by atoms with Gasteiger partial charge in [0.15, 0.2) is 0 Å². The van der Waals surface area contributed by atoms with Crippen molar-refractivity contribution < 1.29 is 9.90 Å². The van der Waals surface area contributed by atoms with Crippen LogP contribution in [0.15, 0.2) is 48.1 Å². The van der Waals surface area contributed by atoms with Crippen LogP contribution in [-0.2, 0) is 4.79 Å². The van der Waals surface area contributed by atoms with E-state index >= 15 is 0 Å². The lowest BCUT2D eigenvalue weighted by atomic mass is 10.1. The third-order valence-electron chi connectivity index (χ3n) is 4.10. The van der Waals surface area contributed by atoms with E-state index in [0.717, 1.165) is 56.2 Å². The molecule has 4 heteroatoms. The fourth-order valence-electron chi connectivity index (χ4n) is 2.70. The average Bonchev–Trinajstić information content (AvgIpc) is 3.23. The van der Waals surface area contributed by atoms with Gasteiger partial charge < -0.3 is 10.4 Å². The Morgan fingerprint density at radius 2 is 1.92 bits per heavy atom. The highest BCUT2D eigenvalue weighted by molar-refractivity contribution is 5.78. The van der Waals surface area contributed by atoms with Gasteiger partial charge in [0.25, 0.3) is 0 Å². The number of allylic oxidation sites excluding steroid dienone is 3. The van der Waals surface area contributed by atoms with E-state index in [1.165, 1.54) is 11.1 Å². The van der Waals surface area contributed by atoms with Crippen molar-refractivity contribution in [2.45, 2.75) is 45.4 Å². The Kier molecular flexibility index (Phi) is 10.1. The fraction of sp³-hybridized carbons (Fsp3) is 0.571. The van der Waals surface area contributed by atoms with E-state index in [1.54, 1.807) is 0 Å². The van der Waals surface area contributed by atoms with Crippen LogP contribution < -0.4 is 5.32 Å². The van der Waals surface area contributed by atoms with E-state index in [4.69, 9.17) is 5.11 Å². The molecule has 1 fully saturated rings. The zero-order chi connectivity index (χ0) is 18.7. The predicted octanol–water partition coefficient (Wildman–Crippen LogP) is 3.37. The second-order valence-electron chi connectivity index (χ2n) is 7.05. The van der Waals surface area contributed by atoms with Crippen molar-refractivity contribution in [1.29, 1.82) is 0 Å². The standard InChI is InChI=1S/C21H34N2O2/c1-17(2)13-18(3)15-23(11-9-20-14-19(20)4)16-21(25)22-10-7-5-6-8-12-24/h9,24H,1,3-8,10-16H2,2H3,(H,22,25)/b20-9+. The van der Waals surface area contributed by atoms with Crippen LogP contribution in [-0.4, -0.2) is 48.7 Å². The van der Waals surface area contributed by atoms with Gasteiger partial charge in [-0.3, -0.25) is 9.69 Å². The van der Waals surface area contributed by atoms with Crippen molar-refractivity contribution in [3.05, 3.63) is 48.1 Å². The van der Waals surface area contributed by atoms with E-state index in [9.17, 15) is 4.79 Å². The van der Waals surface area contributed by atoms with E-state index < -0.39 is 0 Å². The zero-order valence-electron chi connectivity index (χ0n) is 15.8. The lowest BCUT2D eigenvalue weighted by molar-refractivity contribution is -0.122. The Labute approximate surface area is 153 Å². The van der Waals surface area contributed by atoms with Gasteiger partial charge in [-0.1, -0.05) is 49.8 Å². The van der Waals surface area contributed by atoms with Gasteiger partial charge in [0.1, 0.15) is 0 Å². The smallest absolute Gasteiger partial charge is 0.234 e. The first-order valence-electron chi connectivity index (χ1n) is 9.20. The predicted molar refractivity (Wildman–Crippen MR) is 105 cm³/mol. The number of hydrogen-bond donors (Lipinski definition) is 2. The normalized spacial score (nSPS) is 14.8. The third kappa shape index (κ3) is 10.7. The molecule has 0 aromatic heterocycles. The average molecular weight is 347 g/mol. The Balaban J connectivity index is 2.37. The number of nitrogens with one attached hydrogen (secondary N) is 1. The molecule has 2 N–H and O–H groups in total. The Morgan fingerprint density at radius 3 is 2.52 bits per heavy atom. The first-order chi connectivity index (χ1) is 11.9. The molecular weight excluding hydrogens is 312 g/mol. The van der Waals surface area contributed by atoms with Crippen molar-refractivity contribution in [2.75, 3.05) is 32.8 Å². The summed E-state index contributed by atoms with van der Waals surface area (Å²) in [6.45, 7) is 16.8. The largest absolute Gasteiger partial charge is 0.396 e. The molecule has 0 aromatic rings. The van der Waals surface area contributed by atoms with Crippen LogP contribution in [0.2, 0.25) is 0 Å². The first kappa shape index (κ1) is 21.4. The van der Waals surface area contributed by atoms with Gasteiger partial charge >= 0.3 is 0 Å². The first-order valence-corrected chi connectivity index (χ1v) is 9.20. The van der Waals surface area contributed by atoms with E-state index in [1.807, 2.05) is 6.92 Å². The molecule has 140 valence electrons. The molecular formula is C21H34N2O2. The van der Waals surface area contributed by atoms with E-state index in [0.29, 0.717) is 19.6 Å². The van der Waals surface area contributed by atoms with Crippen LogP contribution in [0, 0.1) is 0 Å². The van der Waals surface area contributed by atoms with Crippen molar-refractivity contribution in [2.24, 2.45) is 0 Å². The van der Waals surface area contributed by atoms with Crippen LogP contribution in [0.4, 0.5) is 0 Å². The number of amides is 1. The number of carbonyl (C=O) groups is 1. The molecule has 0 atom stereocenters. The van der Waals surface area contributed by atoms with Gasteiger partial charge in [-0.25, -0.2) is 0 Å². The van der Waals surface area contributed by atoms with Crippen LogP contribution >= 0.6 is 0 Å². The molecule has 1 aliphatic carbocycles. The van der Waals surface area contributed by atoms with Crippen LogP contribution in [0.3, 0.4) is 0 Å². The maximum Gasteiger partial charge on any atom is 0.234 e. The summed E-state index contributed by atoms with van der Waals surface area (Å²) in [5.41, 5.74) is 4.68. The molecule has 1 rings (SSSR count). The molecule has 1 amide bonds. The minimum atomic E-state index is 0.0540. The highest BCUT2D eigenvalue weighted by Crippen LogP contribution is 2.34. The SMILES string of the molecule is C=C(C)CC(=C)CN(C/C=C1\CC1=C)CC(=O)NCCCCCCO. The molecule has 0 spiro atoms.